The molecule has 5 heteroatoms. The van der Waals surface area contributed by atoms with Crippen molar-refractivity contribution in [2.75, 3.05) is 5.75 Å². The predicted molar refractivity (Wildman–Crippen MR) is 60.2 cm³/mol. The van der Waals surface area contributed by atoms with E-state index in [9.17, 15) is 13.2 Å². The van der Waals surface area contributed by atoms with E-state index in [-0.39, 0.29) is 0 Å². The lowest BCUT2D eigenvalue weighted by Gasteiger charge is -2.12. The Morgan fingerprint density at radius 1 is 1.33 bits per heavy atom. The first-order valence-electron chi connectivity index (χ1n) is 4.44. The van der Waals surface area contributed by atoms with Gasteiger partial charge >= 0.3 is 6.18 Å². The fourth-order valence-corrected chi connectivity index (χ4v) is 2.55. The van der Waals surface area contributed by atoms with Crippen molar-refractivity contribution in [2.45, 2.75) is 24.4 Å². The summed E-state index contributed by atoms with van der Waals surface area (Å²) >= 11 is 4.41. The van der Waals surface area contributed by atoms with Gasteiger partial charge in [0.25, 0.3) is 0 Å². The number of thioether (sulfide) groups is 1. The van der Waals surface area contributed by atoms with Crippen molar-refractivity contribution in [3.63, 3.8) is 0 Å². The minimum atomic E-state index is -4.27. The molecule has 15 heavy (non-hydrogen) atoms. The van der Waals surface area contributed by atoms with Gasteiger partial charge in [-0.15, -0.1) is 11.8 Å². The standard InChI is InChI=1S/C10H10BrF3S/c1-2-5-15-9-6-7(11)3-4-8(9)10(12,13)14/h3-4,6H,2,5H2,1H3. The maximum Gasteiger partial charge on any atom is 0.417 e. The maximum atomic E-state index is 12.6. The molecule has 0 saturated heterocycles. The van der Waals surface area contributed by atoms with Crippen LogP contribution in [0.25, 0.3) is 0 Å². The Kier molecular flexibility index (Phi) is 4.52. The molecule has 0 aliphatic carbocycles. The third-order valence-corrected chi connectivity index (χ3v) is 3.47. The van der Waals surface area contributed by atoms with Gasteiger partial charge in [0, 0.05) is 9.37 Å². The molecule has 1 aromatic rings. The highest BCUT2D eigenvalue weighted by Crippen LogP contribution is 2.38. The van der Waals surface area contributed by atoms with Crippen molar-refractivity contribution in [1.82, 2.24) is 0 Å². The highest BCUT2D eigenvalue weighted by Gasteiger charge is 2.33. The molecule has 0 aromatic heterocycles. The van der Waals surface area contributed by atoms with Crippen LogP contribution >= 0.6 is 27.7 Å². The summed E-state index contributed by atoms with van der Waals surface area (Å²) in [6, 6.07) is 4.05. The molecule has 0 spiro atoms. The normalized spacial score (nSPS) is 11.8. The summed E-state index contributed by atoms with van der Waals surface area (Å²) in [7, 11) is 0. The van der Waals surface area contributed by atoms with Crippen molar-refractivity contribution in [3.05, 3.63) is 28.2 Å². The van der Waals surface area contributed by atoms with Crippen LogP contribution in [0.1, 0.15) is 18.9 Å². The SMILES string of the molecule is CCCSc1cc(Br)ccc1C(F)(F)F. The molecule has 0 nitrogen and oxygen atoms in total. The summed E-state index contributed by atoms with van der Waals surface area (Å²) in [5.74, 6) is 0.694. The van der Waals surface area contributed by atoms with Crippen LogP contribution in [0, 0.1) is 0 Å². The van der Waals surface area contributed by atoms with Crippen LogP contribution in [0.2, 0.25) is 0 Å². The molecule has 0 saturated carbocycles. The largest absolute Gasteiger partial charge is 0.417 e. The van der Waals surface area contributed by atoms with Gasteiger partial charge < -0.3 is 0 Å². The Labute approximate surface area is 99.4 Å². The lowest BCUT2D eigenvalue weighted by Crippen LogP contribution is -2.06. The Morgan fingerprint density at radius 3 is 2.53 bits per heavy atom. The van der Waals surface area contributed by atoms with Gasteiger partial charge in [-0.2, -0.15) is 13.2 Å². The molecule has 0 atom stereocenters. The van der Waals surface area contributed by atoms with Crippen molar-refractivity contribution < 1.29 is 13.2 Å². The second kappa shape index (κ2) is 5.25. The maximum absolute atomic E-state index is 12.6. The van der Waals surface area contributed by atoms with Gasteiger partial charge in [-0.25, -0.2) is 0 Å². The molecule has 0 radical (unpaired) electrons. The molecule has 0 heterocycles. The van der Waals surface area contributed by atoms with Gasteiger partial charge in [0.1, 0.15) is 0 Å². The van der Waals surface area contributed by atoms with Crippen LogP contribution < -0.4 is 0 Å². The van der Waals surface area contributed by atoms with Crippen LogP contribution in [-0.4, -0.2) is 5.75 Å². The third kappa shape index (κ3) is 3.72. The van der Waals surface area contributed by atoms with Gasteiger partial charge in [-0.05, 0) is 30.4 Å². The number of halogens is 4. The van der Waals surface area contributed by atoms with E-state index in [0.29, 0.717) is 15.1 Å². The first-order chi connectivity index (χ1) is 6.95. The van der Waals surface area contributed by atoms with E-state index in [0.717, 1.165) is 12.5 Å². The Hall–Kier alpha value is -0.160. The second-order valence-electron chi connectivity index (χ2n) is 2.99. The summed E-state index contributed by atoms with van der Waals surface area (Å²) in [4.78, 5) is 0.290. The summed E-state index contributed by atoms with van der Waals surface area (Å²) in [5, 5.41) is 0. The van der Waals surface area contributed by atoms with E-state index in [4.69, 9.17) is 0 Å². The van der Waals surface area contributed by atoms with Crippen LogP contribution in [0.5, 0.6) is 0 Å². The van der Waals surface area contributed by atoms with Crippen LogP contribution in [0.4, 0.5) is 13.2 Å². The number of alkyl halides is 3. The number of hydrogen-bond acceptors (Lipinski definition) is 1. The molecular weight excluding hydrogens is 289 g/mol. The minimum absolute atomic E-state index is 0.290. The molecule has 1 rings (SSSR count). The van der Waals surface area contributed by atoms with Crippen LogP contribution in [0.15, 0.2) is 27.6 Å². The van der Waals surface area contributed by atoms with E-state index in [1.807, 2.05) is 6.92 Å². The first-order valence-corrected chi connectivity index (χ1v) is 6.22. The highest BCUT2D eigenvalue weighted by atomic mass is 79.9. The summed E-state index contributed by atoms with van der Waals surface area (Å²) in [6.45, 7) is 1.94. The Balaban J connectivity index is 3.03. The molecule has 0 amide bonds. The van der Waals surface area contributed by atoms with Crippen LogP contribution in [0.3, 0.4) is 0 Å². The fourth-order valence-electron chi connectivity index (χ4n) is 1.06. The van der Waals surface area contributed by atoms with E-state index < -0.39 is 11.7 Å². The lowest BCUT2D eigenvalue weighted by atomic mass is 10.2. The third-order valence-electron chi connectivity index (χ3n) is 1.71. The summed E-state index contributed by atoms with van der Waals surface area (Å²) in [5.41, 5.74) is -0.552. The van der Waals surface area contributed by atoms with Gasteiger partial charge in [-0.1, -0.05) is 22.9 Å². The topological polar surface area (TPSA) is 0 Å². The molecule has 0 bridgehead atoms. The second-order valence-corrected chi connectivity index (χ2v) is 5.04. The average molecular weight is 299 g/mol. The van der Waals surface area contributed by atoms with Gasteiger partial charge in [0.05, 0.1) is 5.56 Å². The summed E-state index contributed by atoms with van der Waals surface area (Å²) < 4.78 is 38.4. The zero-order valence-electron chi connectivity index (χ0n) is 8.07. The molecule has 0 aliphatic rings. The molecule has 0 fully saturated rings. The van der Waals surface area contributed by atoms with E-state index >= 15 is 0 Å². The van der Waals surface area contributed by atoms with Crippen molar-refractivity contribution >= 4 is 27.7 Å². The number of hydrogen-bond donors (Lipinski definition) is 0. The smallest absolute Gasteiger partial charge is 0.166 e. The van der Waals surface area contributed by atoms with E-state index in [1.165, 1.54) is 23.9 Å². The van der Waals surface area contributed by atoms with Gasteiger partial charge in [0.2, 0.25) is 0 Å². The molecular formula is C10H10BrF3S. The molecule has 0 N–H and O–H groups in total. The first kappa shape index (κ1) is 12.9. The Bertz CT molecular complexity index is 336. The lowest BCUT2D eigenvalue weighted by molar-refractivity contribution is -0.139. The van der Waals surface area contributed by atoms with Gasteiger partial charge in [0.15, 0.2) is 0 Å². The predicted octanol–water partition coefficient (Wildman–Crippen LogP) is 4.97. The minimum Gasteiger partial charge on any atom is -0.166 e. The van der Waals surface area contributed by atoms with Gasteiger partial charge in [-0.3, -0.25) is 0 Å². The fraction of sp³-hybridized carbons (Fsp3) is 0.400. The average Bonchev–Trinajstić information content (AvgIpc) is 2.12. The highest BCUT2D eigenvalue weighted by molar-refractivity contribution is 9.10. The zero-order valence-corrected chi connectivity index (χ0v) is 10.5. The summed E-state index contributed by atoms with van der Waals surface area (Å²) in [6.07, 6.45) is -3.41. The molecule has 0 unspecified atom stereocenters. The Morgan fingerprint density at radius 2 is 2.00 bits per heavy atom. The van der Waals surface area contributed by atoms with Crippen LogP contribution in [-0.2, 0) is 6.18 Å². The van der Waals surface area contributed by atoms with Crippen molar-refractivity contribution in [1.29, 1.82) is 0 Å². The van der Waals surface area contributed by atoms with Crippen molar-refractivity contribution in [2.24, 2.45) is 0 Å². The molecule has 1 aromatic carbocycles. The monoisotopic (exact) mass is 298 g/mol. The van der Waals surface area contributed by atoms with E-state index in [1.54, 1.807) is 0 Å². The number of rotatable bonds is 3. The quantitative estimate of drug-likeness (QED) is 0.710. The molecule has 0 aliphatic heterocycles. The molecule has 84 valence electrons. The van der Waals surface area contributed by atoms with E-state index in [2.05, 4.69) is 15.9 Å². The number of benzene rings is 1. The zero-order chi connectivity index (χ0) is 11.5. The van der Waals surface area contributed by atoms with Crippen molar-refractivity contribution in [3.8, 4) is 0 Å².